The van der Waals surface area contributed by atoms with Crippen molar-refractivity contribution in [2.24, 2.45) is 0 Å². The van der Waals surface area contributed by atoms with Crippen molar-refractivity contribution in [3.8, 4) is 5.75 Å². The van der Waals surface area contributed by atoms with Gasteiger partial charge in [0.1, 0.15) is 5.75 Å². The Labute approximate surface area is 152 Å². The highest BCUT2D eigenvalue weighted by molar-refractivity contribution is 5.98. The predicted molar refractivity (Wildman–Crippen MR) is 97.3 cm³/mol. The maximum Gasteiger partial charge on any atom is 0.311 e. The molecule has 2 rings (SSSR count). The van der Waals surface area contributed by atoms with Crippen LogP contribution < -0.4 is 10.1 Å². The molecule has 0 saturated heterocycles. The first-order valence-electron chi connectivity index (χ1n) is 8.13. The molecule has 0 spiro atoms. The van der Waals surface area contributed by atoms with E-state index in [4.69, 9.17) is 9.47 Å². The van der Waals surface area contributed by atoms with Crippen LogP contribution in [0.15, 0.2) is 48.5 Å². The molecule has 0 aromatic heterocycles. The van der Waals surface area contributed by atoms with Gasteiger partial charge in [0, 0.05) is 11.3 Å². The van der Waals surface area contributed by atoms with Gasteiger partial charge in [-0.2, -0.15) is 0 Å². The van der Waals surface area contributed by atoms with E-state index in [1.165, 1.54) is 13.8 Å². The summed E-state index contributed by atoms with van der Waals surface area (Å²) in [6.07, 6.45) is -0.927. The average molecular weight is 355 g/mol. The van der Waals surface area contributed by atoms with Crippen molar-refractivity contribution in [3.05, 3.63) is 59.7 Å². The summed E-state index contributed by atoms with van der Waals surface area (Å²) in [4.78, 5) is 35.6. The van der Waals surface area contributed by atoms with Crippen LogP contribution in [0.3, 0.4) is 0 Å². The first kappa shape index (κ1) is 19.2. The number of carbonyl (C=O) groups is 3. The molecule has 0 aliphatic heterocycles. The third kappa shape index (κ3) is 5.44. The smallest absolute Gasteiger partial charge is 0.311 e. The number of methoxy groups -OCH3 is 1. The Morgan fingerprint density at radius 3 is 2.50 bits per heavy atom. The fraction of sp³-hybridized carbons (Fsp3) is 0.250. The minimum absolute atomic E-state index is 0.0364. The van der Waals surface area contributed by atoms with E-state index in [1.807, 2.05) is 0 Å². The van der Waals surface area contributed by atoms with E-state index < -0.39 is 18.0 Å². The van der Waals surface area contributed by atoms with Crippen molar-refractivity contribution < 1.29 is 23.9 Å². The van der Waals surface area contributed by atoms with Crippen LogP contribution in [0.25, 0.3) is 0 Å². The summed E-state index contributed by atoms with van der Waals surface area (Å²) in [7, 11) is 1.55. The van der Waals surface area contributed by atoms with Gasteiger partial charge in [0.25, 0.3) is 5.91 Å². The van der Waals surface area contributed by atoms with E-state index in [2.05, 4.69) is 5.32 Å². The number of nitrogens with one attached hydrogen (secondary N) is 1. The van der Waals surface area contributed by atoms with E-state index in [0.717, 1.165) is 5.56 Å². The van der Waals surface area contributed by atoms with Crippen LogP contribution in [0.1, 0.15) is 29.8 Å². The second kappa shape index (κ2) is 8.80. The van der Waals surface area contributed by atoms with E-state index in [-0.39, 0.29) is 12.2 Å². The predicted octanol–water partition coefficient (Wildman–Crippen LogP) is 3.01. The fourth-order valence-electron chi connectivity index (χ4n) is 2.30. The molecule has 1 amide bonds. The van der Waals surface area contributed by atoms with Crippen LogP contribution >= 0.6 is 0 Å². The number of carbonyl (C=O) groups excluding carboxylic acids is 3. The Morgan fingerprint density at radius 1 is 1.08 bits per heavy atom. The Morgan fingerprint density at radius 2 is 1.81 bits per heavy atom. The van der Waals surface area contributed by atoms with Crippen LogP contribution in [-0.2, 0) is 20.7 Å². The largest absolute Gasteiger partial charge is 0.497 e. The van der Waals surface area contributed by atoms with E-state index in [1.54, 1.807) is 55.6 Å². The van der Waals surface area contributed by atoms with Crippen molar-refractivity contribution in [3.63, 3.8) is 0 Å². The Bertz CT molecular complexity index is 815. The lowest BCUT2D eigenvalue weighted by atomic mass is 10.1. The first-order chi connectivity index (χ1) is 12.4. The average Bonchev–Trinajstić information content (AvgIpc) is 2.61. The van der Waals surface area contributed by atoms with Crippen molar-refractivity contribution in [1.82, 2.24) is 0 Å². The highest BCUT2D eigenvalue weighted by atomic mass is 16.5. The van der Waals surface area contributed by atoms with Gasteiger partial charge < -0.3 is 14.8 Å². The third-order valence-corrected chi connectivity index (χ3v) is 3.70. The van der Waals surface area contributed by atoms with Crippen molar-refractivity contribution >= 4 is 23.3 Å². The lowest BCUT2D eigenvalue weighted by Crippen LogP contribution is -2.30. The molecule has 0 bridgehead atoms. The zero-order chi connectivity index (χ0) is 19.1. The summed E-state index contributed by atoms with van der Waals surface area (Å²) < 4.78 is 10.3. The van der Waals surface area contributed by atoms with Crippen molar-refractivity contribution in [1.29, 1.82) is 0 Å². The molecular weight excluding hydrogens is 334 g/mol. The summed E-state index contributed by atoms with van der Waals surface area (Å²) >= 11 is 0. The number of esters is 1. The number of Topliss-reactive ketones (excluding diaryl/α,β-unsaturated/α-hetero) is 1. The van der Waals surface area contributed by atoms with Crippen LogP contribution in [0.5, 0.6) is 5.75 Å². The highest BCUT2D eigenvalue weighted by Gasteiger charge is 2.18. The van der Waals surface area contributed by atoms with Gasteiger partial charge in [-0.05, 0) is 43.7 Å². The first-order valence-corrected chi connectivity index (χ1v) is 8.13. The molecule has 26 heavy (non-hydrogen) atoms. The van der Waals surface area contributed by atoms with Crippen molar-refractivity contribution in [2.45, 2.75) is 26.4 Å². The van der Waals surface area contributed by atoms with Crippen LogP contribution in [0.4, 0.5) is 5.69 Å². The van der Waals surface area contributed by atoms with E-state index >= 15 is 0 Å². The normalized spacial score (nSPS) is 11.3. The molecule has 1 atom stereocenters. The zero-order valence-electron chi connectivity index (χ0n) is 14.9. The van der Waals surface area contributed by atoms with Crippen LogP contribution in [0.2, 0.25) is 0 Å². The van der Waals surface area contributed by atoms with Gasteiger partial charge in [-0.3, -0.25) is 14.4 Å². The molecule has 6 nitrogen and oxygen atoms in total. The van der Waals surface area contributed by atoms with E-state index in [0.29, 0.717) is 17.0 Å². The number of hydrogen-bond donors (Lipinski definition) is 1. The summed E-state index contributed by atoms with van der Waals surface area (Å²) in [5, 5.41) is 2.64. The van der Waals surface area contributed by atoms with Crippen molar-refractivity contribution in [2.75, 3.05) is 12.4 Å². The highest BCUT2D eigenvalue weighted by Crippen LogP contribution is 2.14. The molecule has 136 valence electrons. The second-order valence-corrected chi connectivity index (χ2v) is 5.79. The lowest BCUT2D eigenvalue weighted by molar-refractivity contribution is -0.152. The molecule has 0 aliphatic rings. The second-order valence-electron chi connectivity index (χ2n) is 5.79. The minimum atomic E-state index is -0.964. The number of hydrogen-bond acceptors (Lipinski definition) is 5. The number of rotatable bonds is 7. The molecule has 0 aliphatic carbocycles. The van der Waals surface area contributed by atoms with Gasteiger partial charge in [0.05, 0.1) is 13.5 Å². The summed E-state index contributed by atoms with van der Waals surface area (Å²) in [6.45, 7) is 2.94. The molecule has 0 heterocycles. The van der Waals surface area contributed by atoms with Crippen LogP contribution in [0, 0.1) is 0 Å². The molecule has 0 fully saturated rings. The third-order valence-electron chi connectivity index (χ3n) is 3.70. The summed E-state index contributed by atoms with van der Waals surface area (Å²) in [5.41, 5.74) is 1.69. The Hall–Kier alpha value is -3.15. The number of benzene rings is 2. The number of anilines is 1. The fourth-order valence-corrected chi connectivity index (χ4v) is 2.30. The SMILES string of the molecule is COc1cccc(CC(=O)O[C@H](C)C(=O)Nc2cccc(C(C)=O)c2)c1. The lowest BCUT2D eigenvalue weighted by Gasteiger charge is -2.14. The Balaban J connectivity index is 1.92. The van der Waals surface area contributed by atoms with Gasteiger partial charge in [-0.15, -0.1) is 0 Å². The molecule has 0 saturated carbocycles. The van der Waals surface area contributed by atoms with Crippen LogP contribution in [-0.4, -0.2) is 30.9 Å². The molecule has 0 radical (unpaired) electrons. The molecule has 1 N–H and O–H groups in total. The Kier molecular flexibility index (Phi) is 6.49. The monoisotopic (exact) mass is 355 g/mol. The summed E-state index contributed by atoms with van der Waals surface area (Å²) in [6, 6.07) is 13.6. The number of ether oxygens (including phenoxy) is 2. The molecular formula is C20H21NO5. The van der Waals surface area contributed by atoms with Gasteiger partial charge >= 0.3 is 5.97 Å². The topological polar surface area (TPSA) is 81.7 Å². The zero-order valence-corrected chi connectivity index (χ0v) is 14.9. The number of ketones is 1. The summed E-state index contributed by atoms with van der Waals surface area (Å²) in [5.74, 6) is -0.437. The van der Waals surface area contributed by atoms with Gasteiger partial charge in [0.15, 0.2) is 11.9 Å². The molecule has 2 aromatic carbocycles. The molecule has 2 aromatic rings. The maximum absolute atomic E-state index is 12.2. The van der Waals surface area contributed by atoms with Gasteiger partial charge in [0.2, 0.25) is 0 Å². The van der Waals surface area contributed by atoms with Gasteiger partial charge in [-0.25, -0.2) is 0 Å². The van der Waals surface area contributed by atoms with E-state index in [9.17, 15) is 14.4 Å². The minimum Gasteiger partial charge on any atom is -0.497 e. The van der Waals surface area contributed by atoms with Gasteiger partial charge in [-0.1, -0.05) is 24.3 Å². The molecule has 0 unspecified atom stereocenters. The quantitative estimate of drug-likeness (QED) is 0.610. The standard InChI is InChI=1S/C20H21NO5/c1-13(22)16-7-5-8-17(12-16)21-20(24)14(2)26-19(23)11-15-6-4-9-18(10-15)25-3/h4-10,12,14H,11H2,1-3H3,(H,21,24)/t14-/m1/s1. The maximum atomic E-state index is 12.2. The molecule has 6 heteroatoms. The number of amides is 1.